The molecule has 4 nitrogen and oxygen atoms in total. The van der Waals surface area contributed by atoms with Crippen molar-refractivity contribution in [2.75, 3.05) is 13.6 Å². The second-order valence-electron chi connectivity index (χ2n) is 6.09. The zero-order valence-electron chi connectivity index (χ0n) is 11.6. The lowest BCUT2D eigenvalue weighted by Crippen LogP contribution is -2.47. The Bertz CT molecular complexity index is 226. The fourth-order valence-corrected chi connectivity index (χ4v) is 1.34. The number of hydrogen-bond donors (Lipinski definition) is 2. The number of carbonyl (C=O) groups is 1. The van der Waals surface area contributed by atoms with Crippen LogP contribution in [0.2, 0.25) is 0 Å². The number of carbonyl (C=O) groups excluding carboxylic acids is 1. The monoisotopic (exact) mass is 230 g/mol. The first kappa shape index (κ1) is 15.2. The lowest BCUT2D eigenvalue weighted by Gasteiger charge is -2.30. The van der Waals surface area contributed by atoms with Crippen molar-refractivity contribution in [3.8, 4) is 0 Å². The Hall–Kier alpha value is -0.770. The van der Waals surface area contributed by atoms with Gasteiger partial charge >= 0.3 is 6.09 Å². The summed E-state index contributed by atoms with van der Waals surface area (Å²) in [6, 6.07) is 0.222. The van der Waals surface area contributed by atoms with Gasteiger partial charge < -0.3 is 15.4 Å². The maximum absolute atomic E-state index is 11.4. The van der Waals surface area contributed by atoms with Crippen molar-refractivity contribution >= 4 is 6.09 Å². The van der Waals surface area contributed by atoms with Crippen LogP contribution in [-0.2, 0) is 4.74 Å². The first-order chi connectivity index (χ1) is 7.06. The van der Waals surface area contributed by atoms with E-state index >= 15 is 0 Å². The highest BCUT2D eigenvalue weighted by atomic mass is 16.6. The van der Waals surface area contributed by atoms with Crippen LogP contribution in [0.5, 0.6) is 0 Å². The van der Waals surface area contributed by atoms with E-state index in [1.165, 1.54) is 0 Å². The minimum atomic E-state index is -0.443. The van der Waals surface area contributed by atoms with Crippen molar-refractivity contribution in [3.63, 3.8) is 0 Å². The number of nitrogens with one attached hydrogen (secondary N) is 2. The van der Waals surface area contributed by atoms with Gasteiger partial charge in [0, 0.05) is 12.6 Å². The highest BCUT2D eigenvalue weighted by Crippen LogP contribution is 2.18. The van der Waals surface area contributed by atoms with E-state index < -0.39 is 5.60 Å². The van der Waals surface area contributed by atoms with E-state index in [2.05, 4.69) is 31.4 Å². The Morgan fingerprint density at radius 1 is 1.19 bits per heavy atom. The highest BCUT2D eigenvalue weighted by molar-refractivity contribution is 5.67. The van der Waals surface area contributed by atoms with Gasteiger partial charge in [0.25, 0.3) is 0 Å². The Morgan fingerprint density at radius 2 is 1.69 bits per heavy atom. The molecule has 1 amide bonds. The molecule has 0 aromatic heterocycles. The molecular weight excluding hydrogens is 204 g/mol. The van der Waals surface area contributed by atoms with Crippen molar-refractivity contribution in [2.45, 2.75) is 53.2 Å². The number of alkyl carbamates (subject to hydrolysis) is 1. The third-order valence-electron chi connectivity index (χ3n) is 2.24. The van der Waals surface area contributed by atoms with Crippen LogP contribution in [-0.4, -0.2) is 31.3 Å². The van der Waals surface area contributed by atoms with E-state index in [4.69, 9.17) is 4.74 Å². The molecule has 0 aliphatic rings. The van der Waals surface area contributed by atoms with Crippen molar-refractivity contribution in [1.29, 1.82) is 0 Å². The smallest absolute Gasteiger partial charge is 0.407 e. The third kappa shape index (κ3) is 6.67. The molecule has 0 saturated carbocycles. The Morgan fingerprint density at radius 3 is 2.00 bits per heavy atom. The fraction of sp³-hybridized carbons (Fsp3) is 0.917. The summed E-state index contributed by atoms with van der Waals surface area (Å²) >= 11 is 0. The average Bonchev–Trinajstić information content (AvgIpc) is 1.98. The first-order valence-electron chi connectivity index (χ1n) is 5.70. The Balaban J connectivity index is 4.09. The van der Waals surface area contributed by atoms with Crippen molar-refractivity contribution in [2.24, 2.45) is 5.41 Å². The molecule has 0 aromatic carbocycles. The molecule has 0 spiro atoms. The number of ether oxygens (including phenoxy) is 1. The standard InChI is InChI=1S/C12H26N2O2/c1-11(2,3)9(13-7)8-14-10(15)16-12(4,5)6/h9,13H,8H2,1-7H3,(H,14,15). The molecule has 0 saturated heterocycles. The van der Waals surface area contributed by atoms with Gasteiger partial charge in [-0.15, -0.1) is 0 Å². The quantitative estimate of drug-likeness (QED) is 0.781. The molecule has 0 fully saturated rings. The molecule has 1 unspecified atom stereocenters. The molecule has 2 N–H and O–H groups in total. The summed E-state index contributed by atoms with van der Waals surface area (Å²) in [7, 11) is 1.90. The average molecular weight is 230 g/mol. The van der Waals surface area contributed by atoms with Gasteiger partial charge in [-0.1, -0.05) is 20.8 Å². The summed E-state index contributed by atoms with van der Waals surface area (Å²) in [5.74, 6) is 0. The summed E-state index contributed by atoms with van der Waals surface area (Å²) < 4.78 is 5.17. The highest BCUT2D eigenvalue weighted by Gasteiger charge is 2.24. The molecule has 0 radical (unpaired) electrons. The van der Waals surface area contributed by atoms with Crippen LogP contribution in [0, 0.1) is 5.41 Å². The normalized spacial score (nSPS) is 14.4. The van der Waals surface area contributed by atoms with E-state index in [1.54, 1.807) is 0 Å². The van der Waals surface area contributed by atoms with Crippen LogP contribution < -0.4 is 10.6 Å². The summed E-state index contributed by atoms with van der Waals surface area (Å²) in [5.41, 5.74) is -0.343. The van der Waals surface area contributed by atoms with Gasteiger partial charge in [0.1, 0.15) is 5.60 Å². The van der Waals surface area contributed by atoms with Crippen molar-refractivity contribution < 1.29 is 9.53 Å². The van der Waals surface area contributed by atoms with Crippen LogP contribution >= 0.6 is 0 Å². The number of rotatable bonds is 3. The summed E-state index contributed by atoms with van der Waals surface area (Å²) in [6.07, 6.45) is -0.364. The maximum Gasteiger partial charge on any atom is 0.407 e. The van der Waals surface area contributed by atoms with Gasteiger partial charge in [0.05, 0.1) is 0 Å². The fourth-order valence-electron chi connectivity index (χ4n) is 1.34. The van der Waals surface area contributed by atoms with Gasteiger partial charge in [-0.2, -0.15) is 0 Å². The van der Waals surface area contributed by atoms with Crippen molar-refractivity contribution in [1.82, 2.24) is 10.6 Å². The van der Waals surface area contributed by atoms with E-state index in [9.17, 15) is 4.79 Å². The van der Waals surface area contributed by atoms with Crippen molar-refractivity contribution in [3.05, 3.63) is 0 Å². The zero-order chi connectivity index (χ0) is 13.0. The molecular formula is C12H26N2O2. The maximum atomic E-state index is 11.4. The van der Waals surface area contributed by atoms with Gasteiger partial charge in [-0.25, -0.2) is 4.79 Å². The summed E-state index contributed by atoms with van der Waals surface area (Å²) in [5, 5.41) is 5.96. The third-order valence-corrected chi connectivity index (χ3v) is 2.24. The van der Waals surface area contributed by atoms with Crippen LogP contribution in [0.3, 0.4) is 0 Å². The number of hydrogen-bond acceptors (Lipinski definition) is 3. The molecule has 0 bridgehead atoms. The summed E-state index contributed by atoms with van der Waals surface area (Å²) in [4.78, 5) is 11.4. The minimum absolute atomic E-state index is 0.101. The van der Waals surface area contributed by atoms with Crippen LogP contribution in [0.15, 0.2) is 0 Å². The van der Waals surface area contributed by atoms with E-state index in [0.717, 1.165) is 0 Å². The van der Waals surface area contributed by atoms with E-state index in [-0.39, 0.29) is 17.6 Å². The van der Waals surface area contributed by atoms with Crippen LogP contribution in [0.4, 0.5) is 4.79 Å². The molecule has 0 aliphatic heterocycles. The largest absolute Gasteiger partial charge is 0.444 e. The molecule has 96 valence electrons. The number of amides is 1. The Kier molecular flexibility index (Phi) is 5.26. The lowest BCUT2D eigenvalue weighted by molar-refractivity contribution is 0.0514. The minimum Gasteiger partial charge on any atom is -0.444 e. The van der Waals surface area contributed by atoms with Gasteiger partial charge in [-0.05, 0) is 33.2 Å². The molecule has 0 rings (SSSR count). The second kappa shape index (κ2) is 5.53. The molecule has 0 aliphatic carbocycles. The lowest BCUT2D eigenvalue weighted by atomic mass is 9.87. The van der Waals surface area contributed by atoms with Gasteiger partial charge in [0.2, 0.25) is 0 Å². The molecule has 0 aromatic rings. The predicted molar refractivity (Wildman–Crippen MR) is 66.5 cm³/mol. The molecule has 1 atom stereocenters. The van der Waals surface area contributed by atoms with Gasteiger partial charge in [-0.3, -0.25) is 0 Å². The van der Waals surface area contributed by atoms with E-state index in [1.807, 2.05) is 27.8 Å². The van der Waals surface area contributed by atoms with E-state index in [0.29, 0.717) is 6.54 Å². The number of likely N-dealkylation sites (N-methyl/N-ethyl adjacent to an activating group) is 1. The zero-order valence-corrected chi connectivity index (χ0v) is 11.6. The SMILES string of the molecule is CNC(CNC(=O)OC(C)(C)C)C(C)(C)C. The molecule has 0 heterocycles. The second-order valence-corrected chi connectivity index (χ2v) is 6.09. The summed E-state index contributed by atoms with van der Waals surface area (Å²) in [6.45, 7) is 12.5. The molecule has 16 heavy (non-hydrogen) atoms. The topological polar surface area (TPSA) is 50.4 Å². The Labute approximate surface area is 99.1 Å². The van der Waals surface area contributed by atoms with Crippen LogP contribution in [0.25, 0.3) is 0 Å². The van der Waals surface area contributed by atoms with Crippen LogP contribution in [0.1, 0.15) is 41.5 Å². The van der Waals surface area contributed by atoms with Gasteiger partial charge in [0.15, 0.2) is 0 Å². The molecule has 4 heteroatoms. The predicted octanol–water partition coefficient (Wildman–Crippen LogP) is 2.15. The first-order valence-corrected chi connectivity index (χ1v) is 5.70.